The van der Waals surface area contributed by atoms with Gasteiger partial charge in [0.15, 0.2) is 0 Å². The average Bonchev–Trinajstić information content (AvgIpc) is 2.81. The number of aromatic carboxylic acids is 1. The zero-order valence-corrected chi connectivity index (χ0v) is 10.5. The molecule has 0 bridgehead atoms. The summed E-state index contributed by atoms with van der Waals surface area (Å²) in [6, 6.07) is 4.04. The second-order valence-electron chi connectivity index (χ2n) is 3.94. The number of carboxylic acid groups (broad SMARTS) is 1. The fraction of sp³-hybridized carbons (Fsp3) is 0.333. The van der Waals surface area contributed by atoms with Gasteiger partial charge in [-0.3, -0.25) is 0 Å². The van der Waals surface area contributed by atoms with Crippen LogP contribution in [0, 0.1) is 0 Å². The van der Waals surface area contributed by atoms with Crippen molar-refractivity contribution >= 4 is 23.0 Å². The summed E-state index contributed by atoms with van der Waals surface area (Å²) in [6.07, 6.45) is 0. The van der Waals surface area contributed by atoms with E-state index in [2.05, 4.69) is 10.3 Å². The average molecular weight is 263 g/mol. The molecule has 0 aliphatic carbocycles. The first kappa shape index (κ1) is 13.0. The number of esters is 1. The summed E-state index contributed by atoms with van der Waals surface area (Å²) < 4.78 is 6.27. The van der Waals surface area contributed by atoms with Gasteiger partial charge >= 0.3 is 11.9 Å². The Bertz CT molecular complexity index is 635. The van der Waals surface area contributed by atoms with Gasteiger partial charge in [0, 0.05) is 0 Å². The highest BCUT2D eigenvalue weighted by atomic mass is 16.5. The number of carbonyl (C=O) groups is 2. The second-order valence-corrected chi connectivity index (χ2v) is 3.94. The van der Waals surface area contributed by atoms with Crippen LogP contribution in [0.3, 0.4) is 0 Å². The molecule has 0 saturated carbocycles. The molecule has 1 aromatic heterocycles. The van der Waals surface area contributed by atoms with E-state index in [1.165, 1.54) is 10.7 Å². The normalized spacial score (nSPS) is 12.3. The predicted molar refractivity (Wildman–Crippen MR) is 65.8 cm³/mol. The van der Waals surface area contributed by atoms with Crippen molar-refractivity contribution in [3.05, 3.63) is 23.8 Å². The molecule has 100 valence electrons. The number of carbonyl (C=O) groups excluding carboxylic acids is 1. The second kappa shape index (κ2) is 5.05. The van der Waals surface area contributed by atoms with Gasteiger partial charge in [-0.2, -0.15) is 0 Å². The van der Waals surface area contributed by atoms with Crippen LogP contribution in [0.5, 0.6) is 0 Å². The van der Waals surface area contributed by atoms with Gasteiger partial charge < -0.3 is 9.84 Å². The van der Waals surface area contributed by atoms with Crippen LogP contribution in [0.1, 0.15) is 30.2 Å². The van der Waals surface area contributed by atoms with Gasteiger partial charge in [-0.05, 0) is 26.0 Å². The third kappa shape index (κ3) is 2.26. The predicted octanol–water partition coefficient (Wildman–Crippen LogP) is 1.25. The number of aromatic nitrogens is 3. The smallest absolute Gasteiger partial charge is 0.338 e. The molecular formula is C12H13N3O4. The third-order valence-corrected chi connectivity index (χ3v) is 2.73. The maximum absolute atomic E-state index is 11.7. The Labute approximate surface area is 108 Å². The lowest BCUT2D eigenvalue weighted by Gasteiger charge is -2.10. The molecule has 1 N–H and O–H groups in total. The van der Waals surface area contributed by atoms with Crippen molar-refractivity contribution in [1.29, 1.82) is 0 Å². The number of ether oxygens (including phenoxy) is 1. The highest BCUT2D eigenvalue weighted by Crippen LogP contribution is 2.20. The Morgan fingerprint density at radius 2 is 2.21 bits per heavy atom. The largest absolute Gasteiger partial charge is 0.478 e. The summed E-state index contributed by atoms with van der Waals surface area (Å²) in [5, 5.41) is 16.7. The molecule has 2 rings (SSSR count). The van der Waals surface area contributed by atoms with Gasteiger partial charge in [0.05, 0.1) is 17.7 Å². The molecule has 0 fully saturated rings. The molecule has 7 heteroatoms. The van der Waals surface area contributed by atoms with Crippen LogP contribution in [0.2, 0.25) is 0 Å². The van der Waals surface area contributed by atoms with Crippen molar-refractivity contribution in [1.82, 2.24) is 15.0 Å². The number of benzene rings is 1. The number of rotatable bonds is 4. The highest BCUT2D eigenvalue weighted by Gasteiger charge is 2.21. The van der Waals surface area contributed by atoms with Gasteiger partial charge in [0.2, 0.25) is 0 Å². The van der Waals surface area contributed by atoms with E-state index in [0.717, 1.165) is 0 Å². The Kier molecular flexibility index (Phi) is 3.46. The van der Waals surface area contributed by atoms with E-state index < -0.39 is 18.0 Å². The van der Waals surface area contributed by atoms with Crippen LogP contribution in [0.15, 0.2) is 18.2 Å². The van der Waals surface area contributed by atoms with Crippen molar-refractivity contribution in [2.24, 2.45) is 0 Å². The summed E-state index contributed by atoms with van der Waals surface area (Å²) in [5.41, 5.74) is 0.798. The van der Waals surface area contributed by atoms with Gasteiger partial charge in [-0.25, -0.2) is 14.3 Å². The Balaban J connectivity index is 2.49. The molecule has 1 heterocycles. The molecule has 0 aliphatic rings. The summed E-state index contributed by atoms with van der Waals surface area (Å²) in [7, 11) is 0. The van der Waals surface area contributed by atoms with E-state index in [0.29, 0.717) is 5.52 Å². The molecule has 0 aliphatic heterocycles. The van der Waals surface area contributed by atoms with E-state index in [4.69, 9.17) is 9.84 Å². The molecule has 0 spiro atoms. The molecule has 2 aromatic rings. The number of hydrogen-bond donors (Lipinski definition) is 1. The molecule has 0 amide bonds. The minimum absolute atomic E-state index is 0.0554. The first-order valence-electron chi connectivity index (χ1n) is 5.80. The first-order valence-corrected chi connectivity index (χ1v) is 5.80. The van der Waals surface area contributed by atoms with Crippen molar-refractivity contribution in [3.63, 3.8) is 0 Å². The van der Waals surface area contributed by atoms with E-state index in [-0.39, 0.29) is 17.7 Å². The molecule has 19 heavy (non-hydrogen) atoms. The minimum atomic E-state index is -1.08. The summed E-state index contributed by atoms with van der Waals surface area (Å²) in [5.74, 6) is -1.52. The zero-order valence-electron chi connectivity index (χ0n) is 10.5. The Morgan fingerprint density at radius 3 is 2.84 bits per heavy atom. The molecule has 1 aromatic carbocycles. The minimum Gasteiger partial charge on any atom is -0.478 e. The van der Waals surface area contributed by atoms with Crippen molar-refractivity contribution in [2.75, 3.05) is 6.61 Å². The van der Waals surface area contributed by atoms with E-state index in [9.17, 15) is 9.59 Å². The SMILES string of the molecule is CCOC(=O)C(C)n1nnc2c(C(=O)O)cccc21. The maximum atomic E-state index is 11.7. The molecular weight excluding hydrogens is 250 g/mol. The van der Waals surface area contributed by atoms with E-state index in [1.807, 2.05) is 0 Å². The number of carboxylic acids is 1. The number of nitrogens with zero attached hydrogens (tertiary/aromatic N) is 3. The first-order chi connectivity index (χ1) is 9.06. The summed E-state index contributed by atoms with van der Waals surface area (Å²) in [6.45, 7) is 3.61. The lowest BCUT2D eigenvalue weighted by atomic mass is 10.2. The number of fused-ring (bicyclic) bond motifs is 1. The summed E-state index contributed by atoms with van der Waals surface area (Å²) >= 11 is 0. The molecule has 0 radical (unpaired) electrons. The lowest BCUT2D eigenvalue weighted by molar-refractivity contribution is -0.146. The summed E-state index contributed by atoms with van der Waals surface area (Å²) in [4.78, 5) is 22.7. The number of hydrogen-bond acceptors (Lipinski definition) is 5. The third-order valence-electron chi connectivity index (χ3n) is 2.73. The van der Waals surface area contributed by atoms with Gasteiger partial charge in [-0.15, -0.1) is 5.10 Å². The zero-order chi connectivity index (χ0) is 14.0. The van der Waals surface area contributed by atoms with Gasteiger partial charge in [-0.1, -0.05) is 11.3 Å². The molecule has 1 atom stereocenters. The highest BCUT2D eigenvalue weighted by molar-refractivity contribution is 6.00. The fourth-order valence-electron chi connectivity index (χ4n) is 1.78. The van der Waals surface area contributed by atoms with Gasteiger partial charge in [0.1, 0.15) is 11.6 Å². The van der Waals surface area contributed by atoms with E-state index >= 15 is 0 Å². The fourth-order valence-corrected chi connectivity index (χ4v) is 1.78. The molecule has 1 unspecified atom stereocenters. The van der Waals surface area contributed by atoms with Crippen LogP contribution in [0.4, 0.5) is 0 Å². The Morgan fingerprint density at radius 1 is 1.47 bits per heavy atom. The van der Waals surface area contributed by atoms with Crippen molar-refractivity contribution < 1.29 is 19.4 Å². The van der Waals surface area contributed by atoms with Crippen LogP contribution in [-0.2, 0) is 9.53 Å². The van der Waals surface area contributed by atoms with Crippen molar-refractivity contribution in [3.8, 4) is 0 Å². The van der Waals surface area contributed by atoms with Crippen LogP contribution < -0.4 is 0 Å². The van der Waals surface area contributed by atoms with Crippen molar-refractivity contribution in [2.45, 2.75) is 19.9 Å². The lowest BCUT2D eigenvalue weighted by Crippen LogP contribution is -2.20. The quantitative estimate of drug-likeness (QED) is 0.834. The van der Waals surface area contributed by atoms with Gasteiger partial charge in [0.25, 0.3) is 0 Å². The van der Waals surface area contributed by atoms with E-state index in [1.54, 1.807) is 26.0 Å². The topological polar surface area (TPSA) is 94.3 Å². The monoisotopic (exact) mass is 263 g/mol. The van der Waals surface area contributed by atoms with Crippen LogP contribution in [0.25, 0.3) is 11.0 Å². The maximum Gasteiger partial charge on any atom is 0.338 e. The Hall–Kier alpha value is -2.44. The standard InChI is InChI=1S/C12H13N3O4/c1-3-19-12(18)7(2)15-9-6-4-5-8(11(16)17)10(9)13-14-15/h4-7H,3H2,1-2H3,(H,16,17). The van der Waals surface area contributed by atoms with Crippen LogP contribution in [-0.4, -0.2) is 38.6 Å². The molecule has 7 nitrogen and oxygen atoms in total. The van der Waals surface area contributed by atoms with Crippen LogP contribution >= 0.6 is 0 Å². The molecule has 0 saturated heterocycles.